The van der Waals surface area contributed by atoms with Crippen LogP contribution in [0.15, 0.2) is 54.6 Å². The van der Waals surface area contributed by atoms with Crippen LogP contribution in [0.4, 0.5) is 5.69 Å². The van der Waals surface area contributed by atoms with Crippen LogP contribution in [0.2, 0.25) is 0 Å². The Kier molecular flexibility index (Phi) is 7.16. The van der Waals surface area contributed by atoms with Crippen LogP contribution in [-0.2, 0) is 11.2 Å². The number of anilines is 1. The van der Waals surface area contributed by atoms with Gasteiger partial charge < -0.3 is 16.0 Å². The third-order valence-electron chi connectivity index (χ3n) is 3.57. The molecule has 0 spiro atoms. The van der Waals surface area contributed by atoms with Gasteiger partial charge >= 0.3 is 0 Å². The minimum Gasteiger partial charge on any atom is -0.350 e. The third-order valence-corrected chi connectivity index (χ3v) is 3.57. The summed E-state index contributed by atoms with van der Waals surface area (Å²) in [5.74, 6) is -0.220. The SMILES string of the molecule is CC(C)NC(=O)c1ccc(NC(=O)CNCCc2ccccc2)cc1. The zero-order chi connectivity index (χ0) is 18.1. The van der Waals surface area contributed by atoms with E-state index in [0.29, 0.717) is 11.3 Å². The maximum absolute atomic E-state index is 11.9. The lowest BCUT2D eigenvalue weighted by Gasteiger charge is -2.10. The van der Waals surface area contributed by atoms with Crippen molar-refractivity contribution in [2.45, 2.75) is 26.3 Å². The average molecular weight is 339 g/mol. The van der Waals surface area contributed by atoms with E-state index in [2.05, 4.69) is 28.1 Å². The molecule has 2 aromatic carbocycles. The Morgan fingerprint density at radius 3 is 2.28 bits per heavy atom. The summed E-state index contributed by atoms with van der Waals surface area (Å²) in [6.07, 6.45) is 0.883. The summed E-state index contributed by atoms with van der Waals surface area (Å²) in [5.41, 5.74) is 2.49. The Balaban J connectivity index is 1.72. The summed E-state index contributed by atoms with van der Waals surface area (Å²) < 4.78 is 0. The second kappa shape index (κ2) is 9.59. The number of nitrogens with one attached hydrogen (secondary N) is 3. The molecular weight excluding hydrogens is 314 g/mol. The number of benzene rings is 2. The monoisotopic (exact) mass is 339 g/mol. The van der Waals surface area contributed by atoms with Gasteiger partial charge in [-0.25, -0.2) is 0 Å². The van der Waals surface area contributed by atoms with E-state index in [1.54, 1.807) is 24.3 Å². The smallest absolute Gasteiger partial charge is 0.251 e. The zero-order valence-electron chi connectivity index (χ0n) is 14.7. The first-order valence-electron chi connectivity index (χ1n) is 8.50. The van der Waals surface area contributed by atoms with Crippen LogP contribution in [0.1, 0.15) is 29.8 Å². The fraction of sp³-hybridized carbons (Fsp3) is 0.300. The first kappa shape index (κ1) is 18.7. The Labute approximate surface area is 148 Å². The molecule has 3 N–H and O–H groups in total. The van der Waals surface area contributed by atoms with E-state index in [9.17, 15) is 9.59 Å². The van der Waals surface area contributed by atoms with Crippen molar-refractivity contribution in [3.8, 4) is 0 Å². The van der Waals surface area contributed by atoms with Crippen LogP contribution in [0.5, 0.6) is 0 Å². The van der Waals surface area contributed by atoms with E-state index in [1.807, 2.05) is 32.0 Å². The highest BCUT2D eigenvalue weighted by atomic mass is 16.2. The molecule has 0 aromatic heterocycles. The summed E-state index contributed by atoms with van der Waals surface area (Å²) in [4.78, 5) is 23.8. The molecule has 2 rings (SSSR count). The van der Waals surface area contributed by atoms with E-state index in [4.69, 9.17) is 0 Å². The molecule has 0 aliphatic rings. The molecule has 0 bridgehead atoms. The number of carbonyl (C=O) groups is 2. The van der Waals surface area contributed by atoms with Gasteiger partial charge in [-0.3, -0.25) is 9.59 Å². The van der Waals surface area contributed by atoms with E-state index < -0.39 is 0 Å². The minimum atomic E-state index is -0.115. The van der Waals surface area contributed by atoms with Crippen molar-refractivity contribution in [2.24, 2.45) is 0 Å². The fourth-order valence-electron chi connectivity index (χ4n) is 2.33. The van der Waals surface area contributed by atoms with E-state index in [-0.39, 0.29) is 24.4 Å². The van der Waals surface area contributed by atoms with Gasteiger partial charge in [-0.2, -0.15) is 0 Å². The van der Waals surface area contributed by atoms with Crippen molar-refractivity contribution in [1.29, 1.82) is 0 Å². The minimum absolute atomic E-state index is 0.0915. The van der Waals surface area contributed by atoms with Crippen LogP contribution in [0.3, 0.4) is 0 Å². The van der Waals surface area contributed by atoms with Gasteiger partial charge in [-0.05, 0) is 56.6 Å². The first-order chi connectivity index (χ1) is 12.0. The van der Waals surface area contributed by atoms with Crippen LogP contribution >= 0.6 is 0 Å². The highest BCUT2D eigenvalue weighted by Gasteiger charge is 2.07. The quantitative estimate of drug-likeness (QED) is 0.648. The maximum atomic E-state index is 11.9. The Morgan fingerprint density at radius 2 is 1.64 bits per heavy atom. The molecule has 0 aliphatic heterocycles. The standard InChI is InChI=1S/C20H25N3O2/c1-15(2)22-20(25)17-8-10-18(11-9-17)23-19(24)14-21-13-12-16-6-4-3-5-7-16/h3-11,15,21H,12-14H2,1-2H3,(H,22,25)(H,23,24). The normalized spacial score (nSPS) is 10.5. The summed E-state index contributed by atoms with van der Waals surface area (Å²) in [5, 5.41) is 8.77. The number of hydrogen-bond donors (Lipinski definition) is 3. The van der Waals surface area contributed by atoms with Crippen molar-refractivity contribution in [3.63, 3.8) is 0 Å². The van der Waals surface area contributed by atoms with Gasteiger partial charge in [-0.1, -0.05) is 30.3 Å². The van der Waals surface area contributed by atoms with Gasteiger partial charge in [0.1, 0.15) is 0 Å². The average Bonchev–Trinajstić information content (AvgIpc) is 2.60. The molecule has 5 nitrogen and oxygen atoms in total. The molecule has 2 aromatic rings. The summed E-state index contributed by atoms with van der Waals surface area (Å²) in [6, 6.07) is 17.1. The molecule has 2 amide bonds. The van der Waals surface area contributed by atoms with Crippen molar-refractivity contribution in [3.05, 3.63) is 65.7 Å². The topological polar surface area (TPSA) is 70.2 Å². The van der Waals surface area contributed by atoms with Crippen LogP contribution in [-0.4, -0.2) is 30.9 Å². The molecule has 0 atom stereocenters. The number of hydrogen-bond acceptors (Lipinski definition) is 3. The van der Waals surface area contributed by atoms with E-state index in [1.165, 1.54) is 5.56 Å². The molecule has 0 radical (unpaired) electrons. The molecular formula is C20H25N3O2. The predicted octanol–water partition coefficient (Wildman–Crippen LogP) is 2.60. The molecule has 0 saturated heterocycles. The van der Waals surface area contributed by atoms with Gasteiger partial charge in [0.2, 0.25) is 5.91 Å². The van der Waals surface area contributed by atoms with Crippen LogP contribution in [0, 0.1) is 0 Å². The largest absolute Gasteiger partial charge is 0.350 e. The van der Waals surface area contributed by atoms with E-state index >= 15 is 0 Å². The van der Waals surface area contributed by atoms with Gasteiger partial charge in [-0.15, -0.1) is 0 Å². The van der Waals surface area contributed by atoms with Gasteiger partial charge in [0.05, 0.1) is 6.54 Å². The van der Waals surface area contributed by atoms with E-state index in [0.717, 1.165) is 13.0 Å². The lowest BCUT2D eigenvalue weighted by Crippen LogP contribution is -2.30. The molecule has 132 valence electrons. The van der Waals surface area contributed by atoms with Gasteiger partial charge in [0.15, 0.2) is 0 Å². The fourth-order valence-corrected chi connectivity index (χ4v) is 2.33. The second-order valence-corrected chi connectivity index (χ2v) is 6.17. The van der Waals surface area contributed by atoms with Crippen molar-refractivity contribution < 1.29 is 9.59 Å². The molecule has 25 heavy (non-hydrogen) atoms. The second-order valence-electron chi connectivity index (χ2n) is 6.17. The molecule has 0 fully saturated rings. The highest BCUT2D eigenvalue weighted by molar-refractivity contribution is 5.96. The van der Waals surface area contributed by atoms with Crippen molar-refractivity contribution >= 4 is 17.5 Å². The molecule has 5 heteroatoms. The van der Waals surface area contributed by atoms with Crippen LogP contribution in [0.25, 0.3) is 0 Å². The van der Waals surface area contributed by atoms with Crippen molar-refractivity contribution in [1.82, 2.24) is 10.6 Å². The Hall–Kier alpha value is -2.66. The molecule has 0 aliphatic carbocycles. The lowest BCUT2D eigenvalue weighted by atomic mass is 10.1. The van der Waals surface area contributed by atoms with Crippen molar-refractivity contribution in [2.75, 3.05) is 18.4 Å². The van der Waals surface area contributed by atoms with Gasteiger partial charge in [0.25, 0.3) is 5.91 Å². The highest BCUT2D eigenvalue weighted by Crippen LogP contribution is 2.09. The Morgan fingerprint density at radius 1 is 0.960 bits per heavy atom. The first-order valence-corrected chi connectivity index (χ1v) is 8.50. The molecule has 0 saturated carbocycles. The lowest BCUT2D eigenvalue weighted by molar-refractivity contribution is -0.115. The third kappa shape index (κ3) is 6.77. The summed E-state index contributed by atoms with van der Waals surface area (Å²) in [6.45, 7) is 4.82. The number of carbonyl (C=O) groups excluding carboxylic acids is 2. The molecule has 0 heterocycles. The number of amides is 2. The summed E-state index contributed by atoms with van der Waals surface area (Å²) in [7, 11) is 0. The zero-order valence-corrected chi connectivity index (χ0v) is 14.7. The summed E-state index contributed by atoms with van der Waals surface area (Å²) >= 11 is 0. The maximum Gasteiger partial charge on any atom is 0.251 e. The molecule has 0 unspecified atom stereocenters. The van der Waals surface area contributed by atoms with Gasteiger partial charge in [0, 0.05) is 17.3 Å². The number of rotatable bonds is 8. The predicted molar refractivity (Wildman–Crippen MR) is 101 cm³/mol. The van der Waals surface area contributed by atoms with Crippen LogP contribution < -0.4 is 16.0 Å². The Bertz CT molecular complexity index is 682.